The van der Waals surface area contributed by atoms with E-state index in [2.05, 4.69) is 20.9 Å². The van der Waals surface area contributed by atoms with Gasteiger partial charge in [-0.05, 0) is 47.3 Å². The first kappa shape index (κ1) is 18.4. The normalized spacial score (nSPS) is 23.6. The number of likely N-dealkylation sites (tertiary alicyclic amines) is 1. The molecule has 1 aromatic rings. The van der Waals surface area contributed by atoms with Crippen LogP contribution in [0.1, 0.15) is 38.5 Å². The number of carbonyl (C=O) groups excluding carboxylic acids is 1. The summed E-state index contributed by atoms with van der Waals surface area (Å²) >= 11 is 3.45. The van der Waals surface area contributed by atoms with E-state index in [9.17, 15) is 4.79 Å². The van der Waals surface area contributed by atoms with Crippen LogP contribution >= 0.6 is 37.5 Å². The van der Waals surface area contributed by atoms with Gasteiger partial charge in [-0.3, -0.25) is 4.79 Å². The number of pyridine rings is 1. The first-order chi connectivity index (χ1) is 11.7. The summed E-state index contributed by atoms with van der Waals surface area (Å²) in [6.45, 7) is 1.47. The van der Waals surface area contributed by atoms with Crippen molar-refractivity contribution in [2.75, 3.05) is 18.8 Å². The van der Waals surface area contributed by atoms with Crippen molar-refractivity contribution in [3.05, 3.63) is 22.8 Å². The highest BCUT2D eigenvalue weighted by atomic mass is 79.9. The fourth-order valence-corrected chi connectivity index (χ4v) is 6.41. The lowest BCUT2D eigenvalue weighted by atomic mass is 10.1. The standard InChI is InChI=1S/C17H23BrN2O2S2/c18-15-5-3-9-19-17(15)22-13-7-10-20(12-13)16(21)6-2-1-4-14-8-11-23-24-14/h3,5,9,13-14H,1-2,4,6-8,10-12H2. The number of ether oxygens (including phenoxy) is 1. The highest BCUT2D eigenvalue weighted by molar-refractivity contribution is 9.10. The Labute approximate surface area is 160 Å². The van der Waals surface area contributed by atoms with Crippen molar-refractivity contribution in [1.82, 2.24) is 9.88 Å². The van der Waals surface area contributed by atoms with E-state index in [4.69, 9.17) is 4.74 Å². The molecule has 1 amide bonds. The first-order valence-electron chi connectivity index (χ1n) is 8.55. The number of nitrogens with zero attached hydrogens (tertiary/aromatic N) is 2. The van der Waals surface area contributed by atoms with E-state index in [0.29, 0.717) is 18.8 Å². The molecule has 2 saturated heterocycles. The number of halogens is 1. The summed E-state index contributed by atoms with van der Waals surface area (Å²) in [7, 11) is 4.01. The molecule has 7 heteroatoms. The van der Waals surface area contributed by atoms with Gasteiger partial charge in [0.2, 0.25) is 11.8 Å². The van der Waals surface area contributed by atoms with Gasteiger partial charge in [-0.25, -0.2) is 4.98 Å². The number of amides is 1. The molecule has 0 saturated carbocycles. The number of unbranched alkanes of at least 4 members (excludes halogenated alkanes) is 1. The number of rotatable bonds is 7. The predicted octanol–water partition coefficient (Wildman–Crippen LogP) is 4.54. The van der Waals surface area contributed by atoms with E-state index in [-0.39, 0.29) is 12.0 Å². The fraction of sp³-hybridized carbons (Fsp3) is 0.647. The van der Waals surface area contributed by atoms with Crippen molar-refractivity contribution >= 4 is 43.4 Å². The van der Waals surface area contributed by atoms with Gasteiger partial charge in [-0.15, -0.1) is 0 Å². The molecule has 2 aliphatic rings. The van der Waals surface area contributed by atoms with Crippen LogP contribution in [0.3, 0.4) is 0 Å². The molecular weight excluding hydrogens is 408 g/mol. The molecule has 3 rings (SSSR count). The Morgan fingerprint density at radius 1 is 1.42 bits per heavy atom. The third-order valence-corrected chi connectivity index (χ3v) is 8.01. The smallest absolute Gasteiger partial charge is 0.228 e. The molecule has 2 unspecified atom stereocenters. The molecule has 1 aromatic heterocycles. The van der Waals surface area contributed by atoms with Gasteiger partial charge in [0.25, 0.3) is 0 Å². The molecule has 3 heterocycles. The van der Waals surface area contributed by atoms with Crippen LogP contribution in [0.15, 0.2) is 22.8 Å². The van der Waals surface area contributed by atoms with Crippen LogP contribution in [0, 0.1) is 0 Å². The van der Waals surface area contributed by atoms with E-state index >= 15 is 0 Å². The summed E-state index contributed by atoms with van der Waals surface area (Å²) < 4.78 is 6.78. The van der Waals surface area contributed by atoms with E-state index in [1.807, 2.05) is 38.6 Å². The Morgan fingerprint density at radius 2 is 2.33 bits per heavy atom. The largest absolute Gasteiger partial charge is 0.472 e. The van der Waals surface area contributed by atoms with Crippen LogP contribution in [0.4, 0.5) is 0 Å². The topological polar surface area (TPSA) is 42.4 Å². The highest BCUT2D eigenvalue weighted by Gasteiger charge is 2.28. The first-order valence-corrected chi connectivity index (χ1v) is 11.7. The number of aromatic nitrogens is 1. The Balaban J connectivity index is 1.35. The van der Waals surface area contributed by atoms with Gasteiger partial charge in [0.1, 0.15) is 6.10 Å². The molecule has 0 bridgehead atoms. The van der Waals surface area contributed by atoms with Gasteiger partial charge < -0.3 is 9.64 Å². The van der Waals surface area contributed by atoms with Crippen molar-refractivity contribution in [2.45, 2.75) is 49.9 Å². The zero-order valence-electron chi connectivity index (χ0n) is 13.7. The Hall–Kier alpha value is -0.400. The highest BCUT2D eigenvalue weighted by Crippen LogP contribution is 2.39. The van der Waals surface area contributed by atoms with Gasteiger partial charge in [-0.2, -0.15) is 0 Å². The molecule has 0 N–H and O–H groups in total. The minimum Gasteiger partial charge on any atom is -0.472 e. The lowest BCUT2D eigenvalue weighted by Crippen LogP contribution is -2.30. The number of hydrogen-bond donors (Lipinski definition) is 0. The summed E-state index contributed by atoms with van der Waals surface area (Å²) in [5.41, 5.74) is 0. The van der Waals surface area contributed by atoms with E-state index in [1.165, 1.54) is 25.0 Å². The maximum absolute atomic E-state index is 12.3. The maximum atomic E-state index is 12.3. The van der Waals surface area contributed by atoms with Gasteiger partial charge in [-0.1, -0.05) is 28.0 Å². The monoisotopic (exact) mass is 430 g/mol. The lowest BCUT2D eigenvalue weighted by molar-refractivity contribution is -0.130. The molecule has 0 radical (unpaired) electrons. The van der Waals surface area contributed by atoms with Crippen LogP contribution in [-0.2, 0) is 4.79 Å². The van der Waals surface area contributed by atoms with E-state index in [0.717, 1.165) is 29.1 Å². The molecule has 132 valence electrons. The molecule has 0 aliphatic carbocycles. The molecule has 0 spiro atoms. The molecule has 2 atom stereocenters. The van der Waals surface area contributed by atoms with Crippen LogP contribution < -0.4 is 4.74 Å². The molecule has 2 aliphatic heterocycles. The summed E-state index contributed by atoms with van der Waals surface area (Å²) in [6, 6.07) is 3.78. The average molecular weight is 431 g/mol. The molecule has 4 nitrogen and oxygen atoms in total. The maximum Gasteiger partial charge on any atom is 0.228 e. The summed E-state index contributed by atoms with van der Waals surface area (Å²) in [6.07, 6.45) is 8.08. The van der Waals surface area contributed by atoms with Crippen molar-refractivity contribution in [3.63, 3.8) is 0 Å². The molecular formula is C17H23BrN2O2S2. The summed E-state index contributed by atoms with van der Waals surface area (Å²) in [5.74, 6) is 2.17. The van der Waals surface area contributed by atoms with Crippen molar-refractivity contribution in [3.8, 4) is 5.88 Å². The van der Waals surface area contributed by atoms with Gasteiger partial charge in [0, 0.05) is 36.6 Å². The zero-order chi connectivity index (χ0) is 16.8. The van der Waals surface area contributed by atoms with E-state index < -0.39 is 0 Å². The SMILES string of the molecule is O=C(CCCCC1CCSS1)N1CCC(Oc2ncccc2Br)C1. The Kier molecular flexibility index (Phi) is 7.16. The molecule has 24 heavy (non-hydrogen) atoms. The third kappa shape index (κ3) is 5.30. The van der Waals surface area contributed by atoms with Gasteiger partial charge in [0.15, 0.2) is 0 Å². The van der Waals surface area contributed by atoms with Crippen LogP contribution in [0.2, 0.25) is 0 Å². The molecule has 0 aromatic carbocycles. The van der Waals surface area contributed by atoms with Crippen LogP contribution in [0.25, 0.3) is 0 Å². The van der Waals surface area contributed by atoms with Crippen molar-refractivity contribution in [2.24, 2.45) is 0 Å². The van der Waals surface area contributed by atoms with E-state index in [1.54, 1.807) is 6.20 Å². The van der Waals surface area contributed by atoms with Gasteiger partial charge >= 0.3 is 0 Å². The fourth-order valence-electron chi connectivity index (χ4n) is 3.04. The third-order valence-electron chi connectivity index (χ3n) is 4.39. The Morgan fingerprint density at radius 3 is 3.12 bits per heavy atom. The number of hydrogen-bond acceptors (Lipinski definition) is 5. The van der Waals surface area contributed by atoms with Crippen LogP contribution in [0.5, 0.6) is 5.88 Å². The van der Waals surface area contributed by atoms with Crippen LogP contribution in [-0.4, -0.2) is 46.0 Å². The van der Waals surface area contributed by atoms with Gasteiger partial charge in [0.05, 0.1) is 11.0 Å². The number of carbonyl (C=O) groups is 1. The molecule has 2 fully saturated rings. The minimum atomic E-state index is 0.0482. The van der Waals surface area contributed by atoms with Crippen molar-refractivity contribution in [1.29, 1.82) is 0 Å². The zero-order valence-corrected chi connectivity index (χ0v) is 16.9. The predicted molar refractivity (Wildman–Crippen MR) is 104 cm³/mol. The minimum absolute atomic E-state index is 0.0482. The Bertz CT molecular complexity index is 555. The second kappa shape index (κ2) is 9.34. The second-order valence-electron chi connectivity index (χ2n) is 6.23. The second-order valence-corrected chi connectivity index (χ2v) is 9.88. The van der Waals surface area contributed by atoms with Crippen molar-refractivity contribution < 1.29 is 9.53 Å². The lowest BCUT2D eigenvalue weighted by Gasteiger charge is -2.17. The quantitative estimate of drug-likeness (QED) is 0.469. The summed E-state index contributed by atoms with van der Waals surface area (Å²) in [5, 5.41) is 0.812. The average Bonchev–Trinajstić information content (AvgIpc) is 3.25. The summed E-state index contributed by atoms with van der Waals surface area (Å²) in [4.78, 5) is 18.5.